The molecule has 0 aliphatic heterocycles. The zero-order chi connectivity index (χ0) is 9.14. The van der Waals surface area contributed by atoms with Crippen molar-refractivity contribution in [3.8, 4) is 5.06 Å². The second-order valence-corrected chi connectivity index (χ2v) is 4.09. The van der Waals surface area contributed by atoms with Crippen molar-refractivity contribution in [2.75, 3.05) is 13.7 Å². The van der Waals surface area contributed by atoms with Gasteiger partial charge in [0.1, 0.15) is 6.10 Å². The molecule has 0 spiro atoms. The lowest BCUT2D eigenvalue weighted by Crippen LogP contribution is -1.98. The van der Waals surface area contributed by atoms with E-state index in [9.17, 15) is 5.11 Å². The fraction of sp³-hybridized carbons (Fsp3) is 0.429. The van der Waals surface area contributed by atoms with E-state index in [0.717, 1.165) is 4.47 Å². The Kier molecular flexibility index (Phi) is 3.52. The van der Waals surface area contributed by atoms with Crippen LogP contribution < -0.4 is 4.74 Å². The van der Waals surface area contributed by atoms with Gasteiger partial charge in [0.25, 0.3) is 0 Å². The number of rotatable bonds is 3. The minimum atomic E-state index is -0.810. The van der Waals surface area contributed by atoms with Crippen molar-refractivity contribution in [1.29, 1.82) is 0 Å². The van der Waals surface area contributed by atoms with Gasteiger partial charge in [-0.05, 0) is 22.0 Å². The predicted octanol–water partition coefficient (Wildman–Crippen LogP) is 1.54. The van der Waals surface area contributed by atoms with E-state index in [0.29, 0.717) is 9.94 Å². The highest BCUT2D eigenvalue weighted by Crippen LogP contribution is 2.37. The molecule has 0 fully saturated rings. The summed E-state index contributed by atoms with van der Waals surface area (Å²) in [5.74, 6) is 0. The molecule has 0 saturated carbocycles. The molecule has 0 aliphatic rings. The standard InChI is InChI=1S/C7H9BrO3S/c1-11-7-4(8)2-6(12-7)5(10)3-9/h2,5,9-10H,3H2,1H3. The quantitative estimate of drug-likeness (QED) is 0.859. The number of methoxy groups -OCH3 is 1. The molecular formula is C7H9BrO3S. The average molecular weight is 253 g/mol. The Morgan fingerprint density at radius 1 is 1.75 bits per heavy atom. The molecule has 68 valence electrons. The fourth-order valence-corrected chi connectivity index (χ4v) is 2.41. The first kappa shape index (κ1) is 9.98. The van der Waals surface area contributed by atoms with E-state index in [1.165, 1.54) is 11.3 Å². The van der Waals surface area contributed by atoms with Gasteiger partial charge in [0.05, 0.1) is 18.2 Å². The van der Waals surface area contributed by atoms with Crippen molar-refractivity contribution in [3.63, 3.8) is 0 Å². The Morgan fingerprint density at radius 2 is 2.42 bits per heavy atom. The van der Waals surface area contributed by atoms with Gasteiger partial charge in [0.2, 0.25) is 0 Å². The minimum absolute atomic E-state index is 0.268. The SMILES string of the molecule is COc1sc(C(O)CO)cc1Br. The van der Waals surface area contributed by atoms with Crippen LogP contribution in [0.3, 0.4) is 0 Å². The Bertz CT molecular complexity index is 261. The van der Waals surface area contributed by atoms with Gasteiger partial charge in [-0.1, -0.05) is 0 Å². The van der Waals surface area contributed by atoms with Crippen molar-refractivity contribution in [2.24, 2.45) is 0 Å². The number of aliphatic hydroxyl groups is 2. The lowest BCUT2D eigenvalue weighted by Gasteiger charge is -2.01. The molecule has 0 saturated heterocycles. The maximum atomic E-state index is 9.25. The first-order valence-corrected chi connectivity index (χ1v) is 4.92. The largest absolute Gasteiger partial charge is 0.486 e. The summed E-state index contributed by atoms with van der Waals surface area (Å²) in [4.78, 5) is 0.696. The van der Waals surface area contributed by atoms with Crippen LogP contribution in [0.5, 0.6) is 5.06 Å². The van der Waals surface area contributed by atoms with E-state index in [1.54, 1.807) is 13.2 Å². The molecule has 0 aliphatic carbocycles. The third-order valence-corrected chi connectivity index (χ3v) is 3.41. The lowest BCUT2D eigenvalue weighted by molar-refractivity contribution is 0.0983. The molecular weight excluding hydrogens is 244 g/mol. The number of thiophene rings is 1. The van der Waals surface area contributed by atoms with Crippen LogP contribution in [0.2, 0.25) is 0 Å². The van der Waals surface area contributed by atoms with Crippen molar-refractivity contribution in [2.45, 2.75) is 6.10 Å². The zero-order valence-electron chi connectivity index (χ0n) is 6.45. The molecule has 1 atom stereocenters. The summed E-state index contributed by atoms with van der Waals surface area (Å²) in [6.45, 7) is -0.268. The second-order valence-electron chi connectivity index (χ2n) is 2.19. The maximum absolute atomic E-state index is 9.25. The molecule has 1 unspecified atom stereocenters. The van der Waals surface area contributed by atoms with Crippen LogP contribution in [0.25, 0.3) is 0 Å². The summed E-state index contributed by atoms with van der Waals surface area (Å²) < 4.78 is 5.80. The molecule has 1 rings (SSSR count). The van der Waals surface area contributed by atoms with E-state index in [1.807, 2.05) is 0 Å². The molecule has 1 aromatic rings. The molecule has 0 bridgehead atoms. The summed E-state index contributed by atoms with van der Waals surface area (Å²) in [6, 6.07) is 1.74. The van der Waals surface area contributed by atoms with Crippen LogP contribution in [0.1, 0.15) is 11.0 Å². The van der Waals surface area contributed by atoms with E-state index in [4.69, 9.17) is 9.84 Å². The van der Waals surface area contributed by atoms with E-state index < -0.39 is 6.10 Å². The van der Waals surface area contributed by atoms with Gasteiger partial charge >= 0.3 is 0 Å². The maximum Gasteiger partial charge on any atom is 0.188 e. The Morgan fingerprint density at radius 3 is 2.83 bits per heavy atom. The van der Waals surface area contributed by atoms with Crippen LogP contribution in [0.15, 0.2) is 10.5 Å². The van der Waals surface area contributed by atoms with Crippen molar-refractivity contribution >= 4 is 27.3 Å². The number of hydrogen-bond acceptors (Lipinski definition) is 4. The van der Waals surface area contributed by atoms with Crippen molar-refractivity contribution in [3.05, 3.63) is 15.4 Å². The van der Waals surface area contributed by atoms with Crippen molar-refractivity contribution < 1.29 is 14.9 Å². The molecule has 0 radical (unpaired) electrons. The molecule has 1 heterocycles. The molecule has 2 N–H and O–H groups in total. The topological polar surface area (TPSA) is 49.7 Å². The first-order valence-electron chi connectivity index (χ1n) is 3.31. The van der Waals surface area contributed by atoms with Crippen LogP contribution >= 0.6 is 27.3 Å². The lowest BCUT2D eigenvalue weighted by atomic mass is 10.3. The van der Waals surface area contributed by atoms with E-state index in [-0.39, 0.29) is 6.61 Å². The number of aliphatic hydroxyl groups excluding tert-OH is 2. The summed E-state index contributed by atoms with van der Waals surface area (Å²) >= 11 is 4.58. The summed E-state index contributed by atoms with van der Waals surface area (Å²) in [5.41, 5.74) is 0. The third kappa shape index (κ3) is 1.98. The summed E-state index contributed by atoms with van der Waals surface area (Å²) in [7, 11) is 1.56. The molecule has 0 aromatic carbocycles. The Hall–Kier alpha value is -0.100. The van der Waals surface area contributed by atoms with Gasteiger partial charge in [-0.25, -0.2) is 0 Å². The van der Waals surface area contributed by atoms with E-state index in [2.05, 4.69) is 15.9 Å². The fourth-order valence-electron chi connectivity index (χ4n) is 0.762. The van der Waals surface area contributed by atoms with Gasteiger partial charge < -0.3 is 14.9 Å². The number of halogens is 1. The average Bonchev–Trinajstić information content (AvgIpc) is 2.45. The molecule has 12 heavy (non-hydrogen) atoms. The molecule has 5 heteroatoms. The Balaban J connectivity index is 2.88. The highest BCUT2D eigenvalue weighted by molar-refractivity contribution is 9.10. The van der Waals surface area contributed by atoms with Crippen molar-refractivity contribution in [1.82, 2.24) is 0 Å². The van der Waals surface area contributed by atoms with Gasteiger partial charge in [0, 0.05) is 4.88 Å². The predicted molar refractivity (Wildman–Crippen MR) is 50.6 cm³/mol. The van der Waals surface area contributed by atoms with Crippen LogP contribution in [0.4, 0.5) is 0 Å². The third-order valence-electron chi connectivity index (χ3n) is 1.36. The summed E-state index contributed by atoms with van der Waals surface area (Å²) in [6.07, 6.45) is -0.810. The molecule has 1 aromatic heterocycles. The minimum Gasteiger partial charge on any atom is -0.486 e. The first-order chi connectivity index (χ1) is 5.69. The molecule has 3 nitrogen and oxygen atoms in total. The van der Waals surface area contributed by atoms with Gasteiger partial charge in [-0.2, -0.15) is 0 Å². The van der Waals surface area contributed by atoms with Crippen LogP contribution in [-0.4, -0.2) is 23.9 Å². The molecule has 0 amide bonds. The second kappa shape index (κ2) is 4.23. The van der Waals surface area contributed by atoms with Gasteiger partial charge in [-0.15, -0.1) is 11.3 Å². The van der Waals surface area contributed by atoms with Crippen LogP contribution in [-0.2, 0) is 0 Å². The smallest absolute Gasteiger partial charge is 0.188 e. The zero-order valence-corrected chi connectivity index (χ0v) is 8.85. The Labute approximate surface area is 82.7 Å². The van der Waals surface area contributed by atoms with Crippen LogP contribution in [0, 0.1) is 0 Å². The summed E-state index contributed by atoms with van der Waals surface area (Å²) in [5, 5.41) is 18.6. The number of hydrogen-bond donors (Lipinski definition) is 2. The van der Waals surface area contributed by atoms with E-state index >= 15 is 0 Å². The monoisotopic (exact) mass is 252 g/mol. The van der Waals surface area contributed by atoms with Gasteiger partial charge in [-0.3, -0.25) is 0 Å². The normalized spacial score (nSPS) is 13.0. The highest BCUT2D eigenvalue weighted by atomic mass is 79.9. The highest BCUT2D eigenvalue weighted by Gasteiger charge is 2.13. The van der Waals surface area contributed by atoms with Gasteiger partial charge in [0.15, 0.2) is 5.06 Å². The number of ether oxygens (including phenoxy) is 1.